The zero-order valence-corrected chi connectivity index (χ0v) is 12.4. The van der Waals surface area contributed by atoms with Crippen molar-refractivity contribution >= 4 is 15.5 Å². The molecular formula is C15H16FNO3S. The van der Waals surface area contributed by atoms with E-state index in [-0.39, 0.29) is 17.3 Å². The van der Waals surface area contributed by atoms with Gasteiger partial charge in [-0.3, -0.25) is 0 Å². The number of halogens is 1. The third-order valence-electron chi connectivity index (χ3n) is 2.79. The van der Waals surface area contributed by atoms with E-state index in [0.29, 0.717) is 12.2 Å². The summed E-state index contributed by atoms with van der Waals surface area (Å²) in [4.78, 5) is 0.252. The maximum Gasteiger partial charge on any atom is 0.175 e. The molecule has 0 aliphatic rings. The molecule has 0 heterocycles. The highest BCUT2D eigenvalue weighted by atomic mass is 32.2. The van der Waals surface area contributed by atoms with Gasteiger partial charge in [0.2, 0.25) is 0 Å². The fraction of sp³-hybridized carbons (Fsp3) is 0.200. The standard InChI is InChI=1S/C15H16FNO3S/c1-21(18,19)13-6-4-5-12(11-13)17-9-10-20-15-8-3-2-7-14(15)16/h2-8,11,17H,9-10H2,1H3. The SMILES string of the molecule is CS(=O)(=O)c1cccc(NCCOc2ccccc2F)c1. The minimum atomic E-state index is -3.23. The number of hydrogen-bond donors (Lipinski definition) is 1. The van der Waals surface area contributed by atoms with Crippen molar-refractivity contribution in [2.45, 2.75) is 4.90 Å². The van der Waals surface area contributed by atoms with Gasteiger partial charge in [-0.25, -0.2) is 12.8 Å². The quantitative estimate of drug-likeness (QED) is 0.834. The number of hydrogen-bond acceptors (Lipinski definition) is 4. The Morgan fingerprint density at radius 2 is 1.90 bits per heavy atom. The minimum absolute atomic E-state index is 0.198. The third kappa shape index (κ3) is 4.46. The lowest BCUT2D eigenvalue weighted by molar-refractivity contribution is 0.315. The Hall–Kier alpha value is -2.08. The summed E-state index contributed by atoms with van der Waals surface area (Å²) >= 11 is 0. The van der Waals surface area contributed by atoms with Crippen LogP contribution in [0.25, 0.3) is 0 Å². The van der Waals surface area contributed by atoms with Gasteiger partial charge in [0.25, 0.3) is 0 Å². The number of anilines is 1. The third-order valence-corrected chi connectivity index (χ3v) is 3.90. The van der Waals surface area contributed by atoms with Crippen molar-refractivity contribution in [3.63, 3.8) is 0 Å². The molecule has 0 aliphatic heterocycles. The molecule has 0 fully saturated rings. The van der Waals surface area contributed by atoms with E-state index in [2.05, 4.69) is 5.32 Å². The van der Waals surface area contributed by atoms with E-state index < -0.39 is 15.7 Å². The lowest BCUT2D eigenvalue weighted by Crippen LogP contribution is -2.12. The van der Waals surface area contributed by atoms with Gasteiger partial charge in [-0.05, 0) is 30.3 Å². The van der Waals surface area contributed by atoms with Crippen LogP contribution in [-0.2, 0) is 9.84 Å². The van der Waals surface area contributed by atoms with Gasteiger partial charge in [0, 0.05) is 18.5 Å². The second-order valence-corrected chi connectivity index (χ2v) is 6.52. The molecule has 1 N–H and O–H groups in total. The smallest absolute Gasteiger partial charge is 0.175 e. The Kier molecular flexibility index (Phi) is 4.80. The molecule has 0 spiro atoms. The van der Waals surface area contributed by atoms with E-state index in [9.17, 15) is 12.8 Å². The van der Waals surface area contributed by atoms with Crippen molar-refractivity contribution in [2.24, 2.45) is 0 Å². The summed E-state index contributed by atoms with van der Waals surface area (Å²) in [7, 11) is -3.23. The van der Waals surface area contributed by atoms with Gasteiger partial charge in [0.05, 0.1) is 4.90 Å². The molecule has 112 valence electrons. The number of para-hydroxylation sites is 1. The van der Waals surface area contributed by atoms with Crippen LogP contribution in [0.15, 0.2) is 53.4 Å². The fourth-order valence-electron chi connectivity index (χ4n) is 1.75. The second-order valence-electron chi connectivity index (χ2n) is 4.51. The Morgan fingerprint density at radius 3 is 2.62 bits per heavy atom. The lowest BCUT2D eigenvalue weighted by atomic mass is 10.3. The van der Waals surface area contributed by atoms with Crippen LogP contribution in [0.3, 0.4) is 0 Å². The van der Waals surface area contributed by atoms with Crippen molar-refractivity contribution in [1.29, 1.82) is 0 Å². The minimum Gasteiger partial charge on any atom is -0.489 e. The summed E-state index contributed by atoms with van der Waals surface area (Å²) in [6, 6.07) is 12.7. The first kappa shape index (κ1) is 15.3. The maximum absolute atomic E-state index is 13.3. The first-order valence-electron chi connectivity index (χ1n) is 6.38. The summed E-state index contributed by atoms with van der Waals surface area (Å²) in [5, 5.41) is 3.03. The Labute approximate surface area is 123 Å². The molecule has 0 unspecified atom stereocenters. The van der Waals surface area contributed by atoms with Crippen LogP contribution in [0.4, 0.5) is 10.1 Å². The average Bonchev–Trinajstić information content (AvgIpc) is 2.45. The van der Waals surface area contributed by atoms with E-state index in [4.69, 9.17) is 4.74 Å². The fourth-order valence-corrected chi connectivity index (χ4v) is 2.42. The van der Waals surface area contributed by atoms with Crippen molar-refractivity contribution in [2.75, 3.05) is 24.7 Å². The zero-order valence-electron chi connectivity index (χ0n) is 11.5. The average molecular weight is 309 g/mol. The monoisotopic (exact) mass is 309 g/mol. The van der Waals surface area contributed by atoms with E-state index in [1.165, 1.54) is 12.1 Å². The molecule has 0 saturated heterocycles. The lowest BCUT2D eigenvalue weighted by Gasteiger charge is -2.10. The van der Waals surface area contributed by atoms with E-state index in [1.54, 1.807) is 36.4 Å². The van der Waals surface area contributed by atoms with Crippen LogP contribution in [0, 0.1) is 5.82 Å². The molecule has 0 amide bonds. The number of rotatable bonds is 6. The van der Waals surface area contributed by atoms with Crippen molar-refractivity contribution in [1.82, 2.24) is 0 Å². The summed E-state index contributed by atoms with van der Waals surface area (Å²) in [5.41, 5.74) is 0.676. The van der Waals surface area contributed by atoms with Crippen LogP contribution in [-0.4, -0.2) is 27.8 Å². The number of benzene rings is 2. The van der Waals surface area contributed by atoms with Crippen molar-refractivity contribution in [3.8, 4) is 5.75 Å². The van der Waals surface area contributed by atoms with Crippen molar-refractivity contribution < 1.29 is 17.5 Å². The predicted molar refractivity (Wildman–Crippen MR) is 79.9 cm³/mol. The molecule has 6 heteroatoms. The molecule has 0 aromatic heterocycles. The Balaban J connectivity index is 1.88. The molecule has 2 rings (SSSR count). The highest BCUT2D eigenvalue weighted by Crippen LogP contribution is 2.16. The number of nitrogens with one attached hydrogen (secondary N) is 1. The van der Waals surface area contributed by atoms with Gasteiger partial charge in [-0.2, -0.15) is 0 Å². The largest absolute Gasteiger partial charge is 0.489 e. The van der Waals surface area contributed by atoms with Crippen LogP contribution < -0.4 is 10.1 Å². The molecule has 0 saturated carbocycles. The van der Waals surface area contributed by atoms with Gasteiger partial charge in [0.1, 0.15) is 6.61 Å². The Morgan fingerprint density at radius 1 is 1.14 bits per heavy atom. The molecule has 2 aromatic carbocycles. The zero-order chi connectivity index (χ0) is 15.3. The van der Waals surface area contributed by atoms with E-state index in [1.807, 2.05) is 0 Å². The molecule has 0 bridgehead atoms. The molecule has 0 radical (unpaired) electrons. The second kappa shape index (κ2) is 6.58. The Bertz CT molecular complexity index is 716. The van der Waals surface area contributed by atoms with Gasteiger partial charge >= 0.3 is 0 Å². The summed E-state index contributed by atoms with van der Waals surface area (Å²) in [6.45, 7) is 0.700. The maximum atomic E-state index is 13.3. The topological polar surface area (TPSA) is 55.4 Å². The van der Waals surface area contributed by atoms with Crippen LogP contribution in [0.2, 0.25) is 0 Å². The molecule has 4 nitrogen and oxygen atoms in total. The first-order valence-corrected chi connectivity index (χ1v) is 8.27. The van der Waals surface area contributed by atoms with Crippen molar-refractivity contribution in [3.05, 3.63) is 54.3 Å². The van der Waals surface area contributed by atoms with Crippen LogP contribution in [0.5, 0.6) is 5.75 Å². The molecule has 0 atom stereocenters. The molecule has 0 aliphatic carbocycles. The van der Waals surface area contributed by atoms with Gasteiger partial charge < -0.3 is 10.1 Å². The highest BCUT2D eigenvalue weighted by molar-refractivity contribution is 7.90. The van der Waals surface area contributed by atoms with E-state index >= 15 is 0 Å². The number of sulfone groups is 1. The van der Waals surface area contributed by atoms with E-state index in [0.717, 1.165) is 6.26 Å². The van der Waals surface area contributed by atoms with Gasteiger partial charge in [0.15, 0.2) is 21.4 Å². The normalized spacial score (nSPS) is 11.1. The van der Waals surface area contributed by atoms with Crippen LogP contribution >= 0.6 is 0 Å². The molecular weight excluding hydrogens is 293 g/mol. The summed E-state index contributed by atoms with van der Waals surface area (Å²) in [6.07, 6.45) is 1.16. The van der Waals surface area contributed by atoms with Gasteiger partial charge in [-0.15, -0.1) is 0 Å². The molecule has 2 aromatic rings. The summed E-state index contributed by atoms with van der Waals surface area (Å²) < 4.78 is 41.5. The highest BCUT2D eigenvalue weighted by Gasteiger charge is 2.07. The van der Waals surface area contributed by atoms with Gasteiger partial charge in [-0.1, -0.05) is 18.2 Å². The number of ether oxygens (including phenoxy) is 1. The predicted octanol–water partition coefficient (Wildman–Crippen LogP) is 2.72. The molecule has 21 heavy (non-hydrogen) atoms. The van der Waals surface area contributed by atoms with Crippen LogP contribution in [0.1, 0.15) is 0 Å². The first-order chi connectivity index (χ1) is 9.97. The summed E-state index contributed by atoms with van der Waals surface area (Å²) in [5.74, 6) is -0.208.